The van der Waals surface area contributed by atoms with Gasteiger partial charge in [-0.15, -0.1) is 0 Å². The van der Waals surface area contributed by atoms with E-state index in [1.54, 1.807) is 0 Å². The highest BCUT2D eigenvalue weighted by Crippen LogP contribution is 2.44. The summed E-state index contributed by atoms with van der Waals surface area (Å²) in [7, 11) is 0. The molecule has 0 radical (unpaired) electrons. The Morgan fingerprint density at radius 3 is 1.92 bits per heavy atom. The summed E-state index contributed by atoms with van der Waals surface area (Å²) in [6, 6.07) is 35.3. The molecule has 0 spiro atoms. The van der Waals surface area contributed by atoms with Gasteiger partial charge in [-0.25, -0.2) is 0 Å². The number of hydrogen-bond donors (Lipinski definition) is 0. The van der Waals surface area contributed by atoms with Gasteiger partial charge in [0.1, 0.15) is 0 Å². The molecule has 6 rings (SSSR count). The summed E-state index contributed by atoms with van der Waals surface area (Å²) in [6.45, 7) is 9.34. The second-order valence-corrected chi connectivity index (χ2v) is 11.0. The van der Waals surface area contributed by atoms with E-state index in [0.717, 1.165) is 6.42 Å². The molecule has 0 fully saturated rings. The molecule has 2 aliphatic carbocycles. The van der Waals surface area contributed by atoms with Crippen LogP contribution >= 0.6 is 0 Å². The van der Waals surface area contributed by atoms with Gasteiger partial charge in [0.2, 0.25) is 0 Å². The van der Waals surface area contributed by atoms with Crippen LogP contribution in [-0.2, 0) is 0 Å². The molecule has 36 heavy (non-hydrogen) atoms. The Hall–Kier alpha value is -3.90. The van der Waals surface area contributed by atoms with Gasteiger partial charge in [0.15, 0.2) is 0 Å². The van der Waals surface area contributed by atoms with Crippen LogP contribution in [0.3, 0.4) is 0 Å². The highest BCUT2D eigenvalue weighted by molar-refractivity contribution is 5.88. The Morgan fingerprint density at radius 2 is 1.28 bits per heavy atom. The van der Waals surface area contributed by atoms with Crippen LogP contribution < -0.4 is 10.4 Å². The molecular weight excluding hydrogens is 432 g/mol. The fourth-order valence-electron chi connectivity index (χ4n) is 6.22. The molecule has 0 N–H and O–H groups in total. The molecule has 4 aromatic rings. The lowest BCUT2D eigenvalue weighted by molar-refractivity contribution is 0.514. The summed E-state index contributed by atoms with van der Waals surface area (Å²) in [6.07, 6.45) is 5.81. The maximum atomic E-state index is 2.42. The van der Waals surface area contributed by atoms with Gasteiger partial charge in [-0.3, -0.25) is 0 Å². The first-order valence-corrected chi connectivity index (χ1v) is 12.9. The standard InChI is InChI=1S/C36H32/c1-24-19-20-31(35(24)36(2,3)4)34-30(22-21-29-28-18-12-11-17-27(28)23-32(29)34)33(25-13-7-5-8-14-25)26-15-9-6-10-16-26/h5-19,21-23H,20H2,1-4H3. The predicted octanol–water partition coefficient (Wildman–Crippen LogP) is 7.51. The Bertz CT molecular complexity index is 1720. The van der Waals surface area contributed by atoms with Gasteiger partial charge in [0, 0.05) is 0 Å². The van der Waals surface area contributed by atoms with Crippen molar-refractivity contribution in [2.75, 3.05) is 0 Å². The monoisotopic (exact) mass is 464 g/mol. The molecule has 0 bridgehead atoms. The van der Waals surface area contributed by atoms with Crippen molar-refractivity contribution < 1.29 is 0 Å². The first kappa shape index (κ1) is 22.6. The number of fused-ring (bicyclic) bond motifs is 2. The SMILES string of the molecule is CC1=CCC(c2c3c(ccc2=C(c2ccccc2)c2ccccc2)=c2ccccc2=C3)=C1C(C)(C)C. The van der Waals surface area contributed by atoms with Gasteiger partial charge in [-0.2, -0.15) is 0 Å². The van der Waals surface area contributed by atoms with E-state index in [1.807, 2.05) is 0 Å². The molecule has 0 aliphatic heterocycles. The first-order valence-electron chi connectivity index (χ1n) is 12.9. The maximum absolute atomic E-state index is 2.42. The summed E-state index contributed by atoms with van der Waals surface area (Å²) >= 11 is 0. The molecule has 2 aliphatic rings. The van der Waals surface area contributed by atoms with Crippen molar-refractivity contribution in [1.29, 1.82) is 0 Å². The molecule has 0 heteroatoms. The molecule has 176 valence electrons. The third kappa shape index (κ3) is 3.69. The maximum Gasteiger partial charge on any atom is -0.00325 e. The van der Waals surface area contributed by atoms with Crippen molar-refractivity contribution in [2.45, 2.75) is 34.1 Å². The van der Waals surface area contributed by atoms with E-state index < -0.39 is 0 Å². The van der Waals surface area contributed by atoms with Crippen molar-refractivity contribution in [3.8, 4) is 0 Å². The molecule has 0 unspecified atom stereocenters. The quantitative estimate of drug-likeness (QED) is 0.259. The van der Waals surface area contributed by atoms with Crippen molar-refractivity contribution >= 4 is 17.2 Å². The summed E-state index contributed by atoms with van der Waals surface area (Å²) in [5.74, 6) is 0. The Balaban J connectivity index is 1.85. The van der Waals surface area contributed by atoms with Crippen LogP contribution in [0.1, 0.15) is 56.4 Å². The van der Waals surface area contributed by atoms with Crippen molar-refractivity contribution in [2.24, 2.45) is 5.41 Å². The van der Waals surface area contributed by atoms with Crippen LogP contribution in [0.15, 0.2) is 114 Å². The summed E-state index contributed by atoms with van der Waals surface area (Å²) in [4.78, 5) is 0. The smallest absolute Gasteiger partial charge is 0.00325 e. The zero-order chi connectivity index (χ0) is 24.9. The second-order valence-electron chi connectivity index (χ2n) is 11.0. The van der Waals surface area contributed by atoms with Crippen LogP contribution in [-0.4, -0.2) is 0 Å². The summed E-state index contributed by atoms with van der Waals surface area (Å²) in [5.41, 5.74) is 11.0. The van der Waals surface area contributed by atoms with E-state index in [9.17, 15) is 0 Å². The lowest BCUT2D eigenvalue weighted by Gasteiger charge is -2.26. The van der Waals surface area contributed by atoms with Gasteiger partial charge in [0.05, 0.1) is 0 Å². The average molecular weight is 465 g/mol. The highest BCUT2D eigenvalue weighted by atomic mass is 14.3. The molecule has 0 aromatic heterocycles. The lowest BCUT2D eigenvalue weighted by atomic mass is 9.78. The molecule has 0 amide bonds. The number of rotatable bonds is 3. The molecule has 0 saturated heterocycles. The summed E-state index contributed by atoms with van der Waals surface area (Å²) < 4.78 is 0. The predicted molar refractivity (Wildman–Crippen MR) is 153 cm³/mol. The van der Waals surface area contributed by atoms with Gasteiger partial charge >= 0.3 is 0 Å². The first-order chi connectivity index (χ1) is 17.4. The van der Waals surface area contributed by atoms with E-state index in [2.05, 4.69) is 137 Å². The summed E-state index contributed by atoms with van der Waals surface area (Å²) in [5, 5.41) is 5.31. The molecule has 0 atom stereocenters. The molecular formula is C36H32. The Morgan fingerprint density at radius 1 is 0.667 bits per heavy atom. The largest absolute Gasteiger partial charge is 0.0769 e. The van der Waals surface area contributed by atoms with Crippen LogP contribution in [0.2, 0.25) is 0 Å². The number of allylic oxidation sites excluding steroid dienone is 4. The zero-order valence-electron chi connectivity index (χ0n) is 21.6. The normalized spacial score (nSPS) is 14.3. The number of hydrogen-bond acceptors (Lipinski definition) is 0. The molecule has 0 heterocycles. The van der Waals surface area contributed by atoms with Crippen molar-refractivity contribution in [3.05, 3.63) is 157 Å². The van der Waals surface area contributed by atoms with Crippen LogP contribution in [0.5, 0.6) is 0 Å². The number of benzene rings is 4. The molecule has 4 aromatic carbocycles. The minimum Gasteiger partial charge on any atom is -0.0769 e. The third-order valence-electron chi connectivity index (χ3n) is 7.55. The van der Waals surface area contributed by atoms with E-state index in [-0.39, 0.29) is 5.41 Å². The van der Waals surface area contributed by atoms with Gasteiger partial charge in [-0.1, -0.05) is 129 Å². The van der Waals surface area contributed by atoms with E-state index in [4.69, 9.17) is 0 Å². The second kappa shape index (κ2) is 8.64. The lowest BCUT2D eigenvalue weighted by Crippen LogP contribution is -2.19. The van der Waals surface area contributed by atoms with Crippen LogP contribution in [0.25, 0.3) is 17.2 Å². The van der Waals surface area contributed by atoms with Crippen molar-refractivity contribution in [1.82, 2.24) is 0 Å². The van der Waals surface area contributed by atoms with Crippen molar-refractivity contribution in [3.63, 3.8) is 0 Å². The van der Waals surface area contributed by atoms with Crippen LogP contribution in [0, 0.1) is 15.9 Å². The Labute approximate surface area is 214 Å². The fourth-order valence-corrected chi connectivity index (χ4v) is 6.22. The van der Waals surface area contributed by atoms with E-state index >= 15 is 0 Å². The molecule has 0 nitrogen and oxygen atoms in total. The Kier molecular flexibility index (Phi) is 5.41. The molecule has 0 saturated carbocycles. The van der Waals surface area contributed by atoms with Gasteiger partial charge in [0.25, 0.3) is 0 Å². The zero-order valence-corrected chi connectivity index (χ0v) is 21.6. The average Bonchev–Trinajstić information content (AvgIpc) is 3.46. The topological polar surface area (TPSA) is 0 Å². The van der Waals surface area contributed by atoms with Gasteiger partial charge < -0.3 is 0 Å². The fraction of sp³-hybridized carbons (Fsp3) is 0.167. The van der Waals surface area contributed by atoms with E-state index in [1.165, 1.54) is 65.4 Å². The highest BCUT2D eigenvalue weighted by Gasteiger charge is 2.29. The third-order valence-corrected chi connectivity index (χ3v) is 7.55. The van der Waals surface area contributed by atoms with Gasteiger partial charge in [-0.05, 0) is 84.7 Å². The van der Waals surface area contributed by atoms with E-state index in [0.29, 0.717) is 0 Å². The minimum absolute atomic E-state index is 0.0670. The van der Waals surface area contributed by atoms with Crippen LogP contribution in [0.4, 0.5) is 0 Å². The minimum atomic E-state index is 0.0670.